The summed E-state index contributed by atoms with van der Waals surface area (Å²) in [6, 6.07) is 4.48. The average Bonchev–Trinajstić information content (AvgIpc) is 2.98. The summed E-state index contributed by atoms with van der Waals surface area (Å²) < 4.78 is 23.9. The number of benzene rings is 1. The molecule has 2 rings (SSSR count). The molecule has 2 N–H and O–H groups in total. The molecule has 0 aliphatic carbocycles. The van der Waals surface area contributed by atoms with Crippen LogP contribution in [-0.4, -0.2) is 45.4 Å². The molecular formula is C15H22ClFN2O3. The lowest BCUT2D eigenvalue weighted by Crippen LogP contribution is -2.36. The third kappa shape index (κ3) is 5.53. The molecule has 0 radical (unpaired) electrons. The Morgan fingerprint density at radius 3 is 2.95 bits per heavy atom. The molecule has 1 saturated heterocycles. The average molecular weight is 333 g/mol. The molecule has 1 amide bonds. The van der Waals surface area contributed by atoms with Crippen molar-refractivity contribution in [1.29, 1.82) is 0 Å². The first-order chi connectivity index (χ1) is 10.2. The van der Waals surface area contributed by atoms with Crippen LogP contribution in [0.2, 0.25) is 0 Å². The fourth-order valence-corrected chi connectivity index (χ4v) is 2.20. The van der Waals surface area contributed by atoms with E-state index in [1.54, 1.807) is 13.2 Å². The topological polar surface area (TPSA) is 59.6 Å². The quantitative estimate of drug-likeness (QED) is 0.743. The van der Waals surface area contributed by atoms with E-state index >= 15 is 0 Å². The second-order valence-electron chi connectivity index (χ2n) is 5.01. The smallest absolute Gasteiger partial charge is 0.251 e. The Morgan fingerprint density at radius 1 is 1.45 bits per heavy atom. The molecule has 0 saturated carbocycles. The van der Waals surface area contributed by atoms with Crippen molar-refractivity contribution >= 4 is 18.3 Å². The van der Waals surface area contributed by atoms with Crippen LogP contribution >= 0.6 is 12.4 Å². The van der Waals surface area contributed by atoms with Crippen molar-refractivity contribution in [2.24, 2.45) is 0 Å². The van der Waals surface area contributed by atoms with E-state index in [4.69, 9.17) is 9.47 Å². The van der Waals surface area contributed by atoms with Gasteiger partial charge in [0.1, 0.15) is 5.82 Å². The summed E-state index contributed by atoms with van der Waals surface area (Å²) in [6.07, 6.45) is 0.917. The van der Waals surface area contributed by atoms with E-state index < -0.39 is 0 Å². The number of halogens is 2. The summed E-state index contributed by atoms with van der Waals surface area (Å²) >= 11 is 0. The Morgan fingerprint density at radius 2 is 2.27 bits per heavy atom. The normalized spacial score (nSPS) is 17.1. The van der Waals surface area contributed by atoms with Crippen LogP contribution in [0, 0.1) is 5.82 Å². The van der Waals surface area contributed by atoms with E-state index in [-0.39, 0.29) is 36.8 Å². The van der Waals surface area contributed by atoms with Gasteiger partial charge in [0.05, 0.1) is 19.8 Å². The highest BCUT2D eigenvalue weighted by Crippen LogP contribution is 2.12. The van der Waals surface area contributed by atoms with Crippen molar-refractivity contribution < 1.29 is 18.7 Å². The molecule has 1 atom stereocenters. The van der Waals surface area contributed by atoms with Crippen LogP contribution in [0.15, 0.2) is 18.2 Å². The van der Waals surface area contributed by atoms with Crippen molar-refractivity contribution in [1.82, 2.24) is 10.6 Å². The minimum atomic E-state index is -0.369. The second-order valence-corrected chi connectivity index (χ2v) is 5.01. The molecule has 1 aromatic carbocycles. The molecule has 1 aromatic rings. The molecule has 1 aliphatic rings. The van der Waals surface area contributed by atoms with E-state index in [1.807, 2.05) is 0 Å². The molecule has 1 heterocycles. The van der Waals surface area contributed by atoms with Gasteiger partial charge in [-0.3, -0.25) is 4.79 Å². The SMILES string of the molecule is COCCOCc1cc(C(=O)NC2CCNC2)ccc1F.Cl. The van der Waals surface area contributed by atoms with Crippen molar-refractivity contribution in [3.63, 3.8) is 0 Å². The molecule has 7 heteroatoms. The van der Waals surface area contributed by atoms with Gasteiger partial charge in [-0.25, -0.2) is 4.39 Å². The Bertz CT molecular complexity index is 482. The minimum Gasteiger partial charge on any atom is -0.382 e. The van der Waals surface area contributed by atoms with Gasteiger partial charge in [-0.1, -0.05) is 0 Å². The highest BCUT2D eigenvalue weighted by Gasteiger charge is 2.18. The van der Waals surface area contributed by atoms with Gasteiger partial charge in [0.25, 0.3) is 5.91 Å². The molecule has 22 heavy (non-hydrogen) atoms. The lowest BCUT2D eigenvalue weighted by molar-refractivity contribution is 0.0604. The number of carbonyl (C=O) groups is 1. The zero-order chi connectivity index (χ0) is 15.1. The van der Waals surface area contributed by atoms with Gasteiger partial charge in [-0.15, -0.1) is 12.4 Å². The molecule has 1 unspecified atom stereocenters. The Balaban J connectivity index is 0.00000242. The van der Waals surface area contributed by atoms with E-state index in [0.717, 1.165) is 19.5 Å². The van der Waals surface area contributed by atoms with Crippen LogP contribution in [0.3, 0.4) is 0 Å². The molecule has 1 fully saturated rings. The van der Waals surface area contributed by atoms with Gasteiger partial charge in [0, 0.05) is 30.8 Å². The number of hydrogen-bond acceptors (Lipinski definition) is 4. The lowest BCUT2D eigenvalue weighted by Gasteiger charge is -2.12. The zero-order valence-corrected chi connectivity index (χ0v) is 13.4. The number of ether oxygens (including phenoxy) is 2. The maximum atomic E-state index is 13.7. The van der Waals surface area contributed by atoms with E-state index in [9.17, 15) is 9.18 Å². The van der Waals surface area contributed by atoms with E-state index in [0.29, 0.717) is 24.3 Å². The number of nitrogens with one attached hydrogen (secondary N) is 2. The molecule has 1 aliphatic heterocycles. The number of rotatable bonds is 7. The minimum absolute atomic E-state index is 0. The summed E-state index contributed by atoms with van der Waals surface area (Å²) in [5.74, 6) is -0.548. The van der Waals surface area contributed by atoms with Crippen molar-refractivity contribution in [2.75, 3.05) is 33.4 Å². The standard InChI is InChI=1S/C15H21FN2O3.ClH/c1-20-6-7-21-10-12-8-11(2-3-14(12)16)15(19)18-13-4-5-17-9-13;/h2-3,8,13,17H,4-7,9-10H2,1H3,(H,18,19);1H. The number of carbonyl (C=O) groups excluding carboxylic acids is 1. The summed E-state index contributed by atoms with van der Waals surface area (Å²) in [5.41, 5.74) is 0.831. The van der Waals surface area contributed by atoms with Crippen LogP contribution < -0.4 is 10.6 Å². The summed E-state index contributed by atoms with van der Waals surface area (Å²) in [4.78, 5) is 12.1. The number of methoxy groups -OCH3 is 1. The molecule has 5 nitrogen and oxygen atoms in total. The monoisotopic (exact) mass is 332 g/mol. The largest absolute Gasteiger partial charge is 0.382 e. The van der Waals surface area contributed by atoms with Crippen molar-refractivity contribution in [2.45, 2.75) is 19.1 Å². The molecule has 0 bridgehead atoms. The van der Waals surface area contributed by atoms with Gasteiger partial charge in [0.2, 0.25) is 0 Å². The molecular weight excluding hydrogens is 311 g/mol. The van der Waals surface area contributed by atoms with Crippen LogP contribution in [-0.2, 0) is 16.1 Å². The van der Waals surface area contributed by atoms with Crippen LogP contribution in [0.1, 0.15) is 22.3 Å². The van der Waals surface area contributed by atoms with Gasteiger partial charge >= 0.3 is 0 Å². The maximum absolute atomic E-state index is 13.7. The van der Waals surface area contributed by atoms with E-state index in [1.165, 1.54) is 12.1 Å². The fourth-order valence-electron chi connectivity index (χ4n) is 2.20. The van der Waals surface area contributed by atoms with Crippen LogP contribution in [0.4, 0.5) is 4.39 Å². The van der Waals surface area contributed by atoms with Gasteiger partial charge < -0.3 is 20.1 Å². The fraction of sp³-hybridized carbons (Fsp3) is 0.533. The first-order valence-corrected chi connectivity index (χ1v) is 7.07. The predicted molar refractivity (Wildman–Crippen MR) is 83.9 cm³/mol. The Kier molecular flexibility index (Phi) is 8.34. The third-order valence-electron chi connectivity index (χ3n) is 3.39. The Labute approximate surface area is 136 Å². The zero-order valence-electron chi connectivity index (χ0n) is 12.6. The summed E-state index contributed by atoms with van der Waals surface area (Å²) in [5, 5.41) is 6.12. The van der Waals surface area contributed by atoms with Crippen molar-refractivity contribution in [3.8, 4) is 0 Å². The highest BCUT2D eigenvalue weighted by atomic mass is 35.5. The first kappa shape index (κ1) is 18.8. The predicted octanol–water partition coefficient (Wildman–Crippen LogP) is 1.50. The number of amides is 1. The van der Waals surface area contributed by atoms with Crippen LogP contribution in [0.25, 0.3) is 0 Å². The maximum Gasteiger partial charge on any atom is 0.251 e. The number of hydrogen-bond donors (Lipinski definition) is 2. The van der Waals surface area contributed by atoms with Gasteiger partial charge in [0.15, 0.2) is 0 Å². The van der Waals surface area contributed by atoms with Crippen LogP contribution in [0.5, 0.6) is 0 Å². The van der Waals surface area contributed by atoms with E-state index in [2.05, 4.69) is 10.6 Å². The summed E-state index contributed by atoms with van der Waals surface area (Å²) in [6.45, 7) is 2.66. The second kappa shape index (κ2) is 9.74. The molecule has 0 aromatic heterocycles. The summed E-state index contributed by atoms with van der Waals surface area (Å²) in [7, 11) is 1.58. The Hall–Kier alpha value is -1.21. The van der Waals surface area contributed by atoms with Gasteiger partial charge in [-0.2, -0.15) is 0 Å². The first-order valence-electron chi connectivity index (χ1n) is 7.07. The van der Waals surface area contributed by atoms with Gasteiger partial charge in [-0.05, 0) is 31.2 Å². The highest BCUT2D eigenvalue weighted by molar-refractivity contribution is 5.94. The third-order valence-corrected chi connectivity index (χ3v) is 3.39. The molecule has 0 spiro atoms. The van der Waals surface area contributed by atoms with Crippen molar-refractivity contribution in [3.05, 3.63) is 35.1 Å². The molecule has 124 valence electrons. The lowest BCUT2D eigenvalue weighted by atomic mass is 10.1.